The summed E-state index contributed by atoms with van der Waals surface area (Å²) in [4.78, 5) is 22.4. The Labute approximate surface area is 125 Å². The Kier molecular flexibility index (Phi) is 3.34. The van der Waals surface area contributed by atoms with E-state index in [4.69, 9.17) is 4.42 Å². The van der Waals surface area contributed by atoms with Gasteiger partial charge in [-0.2, -0.15) is 0 Å². The normalized spacial score (nSPS) is 10.6. The zero-order chi connectivity index (χ0) is 15.7. The van der Waals surface area contributed by atoms with Gasteiger partial charge in [-0.05, 0) is 25.1 Å². The summed E-state index contributed by atoms with van der Waals surface area (Å²) in [5.74, 6) is -0.151. The van der Waals surface area contributed by atoms with Gasteiger partial charge in [0, 0.05) is 28.8 Å². The highest BCUT2D eigenvalue weighted by molar-refractivity contribution is 6.06. The standard InChI is InChI=1S/C16H12N2O4/c1-10-13-4-2-3-5-14(13)22-15(10)16(19)17-11-6-8-12(9-7-11)18(20)21/h2-9H,1H3,(H,17,19). The van der Waals surface area contributed by atoms with Crippen LogP contribution in [0.25, 0.3) is 11.0 Å². The van der Waals surface area contributed by atoms with Crippen LogP contribution in [0.5, 0.6) is 0 Å². The molecule has 0 saturated carbocycles. The highest BCUT2D eigenvalue weighted by Gasteiger charge is 2.17. The average molecular weight is 296 g/mol. The number of furan rings is 1. The third-order valence-electron chi connectivity index (χ3n) is 3.39. The molecule has 1 aromatic heterocycles. The Hall–Kier alpha value is -3.15. The van der Waals surface area contributed by atoms with E-state index in [1.165, 1.54) is 24.3 Å². The summed E-state index contributed by atoms with van der Waals surface area (Å²) in [6, 6.07) is 13.0. The predicted molar refractivity (Wildman–Crippen MR) is 82.0 cm³/mol. The smallest absolute Gasteiger partial charge is 0.291 e. The van der Waals surface area contributed by atoms with Crippen LogP contribution in [0.3, 0.4) is 0 Å². The first-order valence-corrected chi connectivity index (χ1v) is 6.60. The van der Waals surface area contributed by atoms with Crippen molar-refractivity contribution in [2.75, 3.05) is 5.32 Å². The number of benzene rings is 2. The number of para-hydroxylation sites is 1. The highest BCUT2D eigenvalue weighted by Crippen LogP contribution is 2.25. The third kappa shape index (κ3) is 2.42. The SMILES string of the molecule is Cc1c(C(=O)Nc2ccc([N+](=O)[O-])cc2)oc2ccccc12. The predicted octanol–water partition coefficient (Wildman–Crippen LogP) is 3.90. The van der Waals surface area contributed by atoms with Gasteiger partial charge >= 0.3 is 0 Å². The topological polar surface area (TPSA) is 85.4 Å². The maximum Gasteiger partial charge on any atom is 0.291 e. The molecule has 1 N–H and O–H groups in total. The van der Waals surface area contributed by atoms with E-state index in [0.29, 0.717) is 11.3 Å². The fourth-order valence-electron chi connectivity index (χ4n) is 2.25. The molecule has 0 atom stereocenters. The summed E-state index contributed by atoms with van der Waals surface area (Å²) >= 11 is 0. The van der Waals surface area contributed by atoms with E-state index in [0.717, 1.165) is 10.9 Å². The Bertz CT molecular complexity index is 865. The number of carbonyl (C=O) groups excluding carboxylic acids is 1. The zero-order valence-corrected chi connectivity index (χ0v) is 11.7. The lowest BCUT2D eigenvalue weighted by Gasteiger charge is -2.03. The lowest BCUT2D eigenvalue weighted by atomic mass is 10.1. The number of fused-ring (bicyclic) bond motifs is 1. The van der Waals surface area contributed by atoms with E-state index in [1.807, 2.05) is 25.1 Å². The minimum atomic E-state index is -0.491. The highest BCUT2D eigenvalue weighted by atomic mass is 16.6. The van der Waals surface area contributed by atoms with Crippen molar-refractivity contribution >= 4 is 28.3 Å². The molecule has 0 saturated heterocycles. The van der Waals surface area contributed by atoms with Crippen LogP contribution in [0.15, 0.2) is 52.9 Å². The van der Waals surface area contributed by atoms with Crippen LogP contribution in [0.2, 0.25) is 0 Å². The molecule has 2 aromatic carbocycles. The molecule has 6 heteroatoms. The Morgan fingerprint density at radius 1 is 1.14 bits per heavy atom. The van der Waals surface area contributed by atoms with Crippen LogP contribution in [0.1, 0.15) is 16.1 Å². The van der Waals surface area contributed by atoms with E-state index in [9.17, 15) is 14.9 Å². The van der Waals surface area contributed by atoms with Crippen LogP contribution >= 0.6 is 0 Å². The summed E-state index contributed by atoms with van der Waals surface area (Å²) in [5, 5.41) is 14.2. The monoisotopic (exact) mass is 296 g/mol. The van der Waals surface area contributed by atoms with E-state index in [-0.39, 0.29) is 17.4 Å². The van der Waals surface area contributed by atoms with Crippen molar-refractivity contribution in [3.63, 3.8) is 0 Å². The van der Waals surface area contributed by atoms with Gasteiger partial charge in [0.1, 0.15) is 5.58 Å². The molecule has 6 nitrogen and oxygen atoms in total. The lowest BCUT2D eigenvalue weighted by molar-refractivity contribution is -0.384. The largest absolute Gasteiger partial charge is 0.451 e. The van der Waals surface area contributed by atoms with Crippen molar-refractivity contribution < 1.29 is 14.1 Å². The molecule has 0 aliphatic heterocycles. The summed E-state index contributed by atoms with van der Waals surface area (Å²) in [6.45, 7) is 1.82. The Balaban J connectivity index is 1.87. The van der Waals surface area contributed by atoms with Crippen LogP contribution in [-0.2, 0) is 0 Å². The second-order valence-corrected chi connectivity index (χ2v) is 4.81. The number of anilines is 1. The van der Waals surface area contributed by atoms with E-state index in [2.05, 4.69) is 5.32 Å². The number of hydrogen-bond donors (Lipinski definition) is 1. The van der Waals surface area contributed by atoms with Gasteiger partial charge in [0.15, 0.2) is 5.76 Å². The van der Waals surface area contributed by atoms with Gasteiger partial charge < -0.3 is 9.73 Å². The molecule has 0 aliphatic carbocycles. The molecule has 0 radical (unpaired) electrons. The first-order valence-electron chi connectivity index (χ1n) is 6.60. The summed E-state index contributed by atoms with van der Waals surface area (Å²) < 4.78 is 5.57. The van der Waals surface area contributed by atoms with Crippen LogP contribution in [0, 0.1) is 17.0 Å². The fraction of sp³-hybridized carbons (Fsp3) is 0.0625. The number of hydrogen-bond acceptors (Lipinski definition) is 4. The van der Waals surface area contributed by atoms with Gasteiger partial charge in [-0.1, -0.05) is 18.2 Å². The van der Waals surface area contributed by atoms with Gasteiger partial charge in [0.2, 0.25) is 0 Å². The van der Waals surface area contributed by atoms with Crippen molar-refractivity contribution in [1.82, 2.24) is 0 Å². The number of nitrogens with zero attached hydrogens (tertiary/aromatic N) is 1. The van der Waals surface area contributed by atoms with Crippen molar-refractivity contribution in [1.29, 1.82) is 0 Å². The minimum absolute atomic E-state index is 0.0297. The van der Waals surface area contributed by atoms with Crippen LogP contribution < -0.4 is 5.32 Å². The number of nitrogens with one attached hydrogen (secondary N) is 1. The molecule has 0 unspecified atom stereocenters. The van der Waals surface area contributed by atoms with Crippen molar-refractivity contribution in [3.05, 3.63) is 70.0 Å². The minimum Gasteiger partial charge on any atom is -0.451 e. The number of non-ortho nitro benzene ring substituents is 1. The maximum atomic E-state index is 12.3. The van der Waals surface area contributed by atoms with E-state index in [1.54, 1.807) is 6.07 Å². The van der Waals surface area contributed by atoms with Crippen molar-refractivity contribution in [3.8, 4) is 0 Å². The molecule has 3 rings (SSSR count). The van der Waals surface area contributed by atoms with Gasteiger partial charge in [0.25, 0.3) is 11.6 Å². The van der Waals surface area contributed by atoms with Crippen LogP contribution in [0.4, 0.5) is 11.4 Å². The summed E-state index contributed by atoms with van der Waals surface area (Å²) in [5.41, 5.74) is 1.84. The number of nitro groups is 1. The van der Waals surface area contributed by atoms with Gasteiger partial charge in [-0.25, -0.2) is 0 Å². The Morgan fingerprint density at radius 3 is 2.45 bits per heavy atom. The second kappa shape index (κ2) is 5.33. The molecule has 110 valence electrons. The van der Waals surface area contributed by atoms with Crippen molar-refractivity contribution in [2.24, 2.45) is 0 Å². The maximum absolute atomic E-state index is 12.3. The average Bonchev–Trinajstić information content (AvgIpc) is 2.85. The first-order chi connectivity index (χ1) is 10.6. The molecular formula is C16H12N2O4. The summed E-state index contributed by atoms with van der Waals surface area (Å²) in [6.07, 6.45) is 0. The molecule has 0 bridgehead atoms. The number of rotatable bonds is 3. The number of amides is 1. The Morgan fingerprint density at radius 2 is 1.82 bits per heavy atom. The third-order valence-corrected chi connectivity index (χ3v) is 3.39. The molecule has 3 aromatic rings. The molecular weight excluding hydrogens is 284 g/mol. The molecule has 0 fully saturated rings. The molecule has 1 amide bonds. The molecule has 1 heterocycles. The number of nitro benzene ring substituents is 1. The molecule has 0 spiro atoms. The van der Waals surface area contributed by atoms with Crippen LogP contribution in [-0.4, -0.2) is 10.8 Å². The number of carbonyl (C=O) groups is 1. The van der Waals surface area contributed by atoms with Gasteiger partial charge in [-0.15, -0.1) is 0 Å². The zero-order valence-electron chi connectivity index (χ0n) is 11.7. The molecule has 22 heavy (non-hydrogen) atoms. The second-order valence-electron chi connectivity index (χ2n) is 4.81. The summed E-state index contributed by atoms with van der Waals surface area (Å²) in [7, 11) is 0. The van der Waals surface area contributed by atoms with E-state index >= 15 is 0 Å². The lowest BCUT2D eigenvalue weighted by Crippen LogP contribution is -2.12. The van der Waals surface area contributed by atoms with Crippen molar-refractivity contribution in [2.45, 2.75) is 6.92 Å². The fourth-order valence-corrected chi connectivity index (χ4v) is 2.25. The molecule has 0 aliphatic rings. The van der Waals surface area contributed by atoms with Gasteiger partial charge in [-0.3, -0.25) is 14.9 Å². The van der Waals surface area contributed by atoms with E-state index < -0.39 is 4.92 Å². The number of aryl methyl sites for hydroxylation is 1. The quantitative estimate of drug-likeness (QED) is 0.586. The van der Waals surface area contributed by atoms with Gasteiger partial charge in [0.05, 0.1) is 4.92 Å². The first kappa shape index (κ1) is 13.8.